The van der Waals surface area contributed by atoms with Crippen molar-refractivity contribution in [2.24, 2.45) is 5.10 Å². The Morgan fingerprint density at radius 3 is 2.14 bits per heavy atom. The molecule has 0 aliphatic carbocycles. The zero-order chi connectivity index (χ0) is 16.5. The third kappa shape index (κ3) is 4.37. The number of rotatable bonds is 6. The maximum Gasteiger partial charge on any atom is 0.329 e. The minimum atomic E-state index is -0.842. The predicted octanol–water partition coefficient (Wildman–Crippen LogP) is 0.299. The molecule has 0 aliphatic heterocycles. The summed E-state index contributed by atoms with van der Waals surface area (Å²) in [7, 11) is 4.49. The molecule has 22 heavy (non-hydrogen) atoms. The Bertz CT molecular complexity index is 547. The van der Waals surface area contributed by atoms with Crippen LogP contribution in [0.2, 0.25) is 0 Å². The van der Waals surface area contributed by atoms with Crippen LogP contribution in [-0.2, 0) is 9.59 Å². The van der Waals surface area contributed by atoms with Gasteiger partial charge < -0.3 is 19.5 Å². The first-order valence-electron chi connectivity index (χ1n) is 6.48. The zero-order valence-corrected chi connectivity index (χ0v) is 12.9. The van der Waals surface area contributed by atoms with E-state index in [0.717, 1.165) is 0 Å². The number of hydrazone groups is 1. The highest BCUT2D eigenvalue weighted by Crippen LogP contribution is 2.37. The van der Waals surface area contributed by atoms with E-state index in [2.05, 4.69) is 15.8 Å². The van der Waals surface area contributed by atoms with E-state index in [4.69, 9.17) is 14.2 Å². The van der Waals surface area contributed by atoms with Crippen molar-refractivity contribution in [1.29, 1.82) is 0 Å². The van der Waals surface area contributed by atoms with E-state index in [-0.39, 0.29) is 0 Å². The molecular formula is C14H19N3O5. The maximum absolute atomic E-state index is 11.4. The summed E-state index contributed by atoms with van der Waals surface area (Å²) >= 11 is 0. The van der Waals surface area contributed by atoms with Gasteiger partial charge in [-0.1, -0.05) is 0 Å². The van der Waals surface area contributed by atoms with E-state index < -0.39 is 11.8 Å². The van der Waals surface area contributed by atoms with Gasteiger partial charge in [0, 0.05) is 12.1 Å². The molecule has 0 radical (unpaired) electrons. The second-order valence-electron chi connectivity index (χ2n) is 4.02. The van der Waals surface area contributed by atoms with Crippen molar-refractivity contribution in [3.05, 3.63) is 17.7 Å². The van der Waals surface area contributed by atoms with Crippen molar-refractivity contribution >= 4 is 18.0 Å². The SMILES string of the molecule is CCNC(=O)C(=O)N/N=C\c1cc(OC)c(OC)c(OC)c1. The van der Waals surface area contributed by atoms with E-state index in [1.165, 1.54) is 27.5 Å². The van der Waals surface area contributed by atoms with Crippen LogP contribution >= 0.6 is 0 Å². The minimum absolute atomic E-state index is 0.364. The molecule has 1 aromatic rings. The first-order valence-corrected chi connectivity index (χ1v) is 6.48. The summed E-state index contributed by atoms with van der Waals surface area (Å²) in [6.07, 6.45) is 1.36. The van der Waals surface area contributed by atoms with Gasteiger partial charge in [0.25, 0.3) is 0 Å². The summed E-state index contributed by atoms with van der Waals surface area (Å²) in [6.45, 7) is 2.08. The predicted molar refractivity (Wildman–Crippen MR) is 80.5 cm³/mol. The number of nitrogens with one attached hydrogen (secondary N) is 2. The van der Waals surface area contributed by atoms with E-state index in [0.29, 0.717) is 29.4 Å². The van der Waals surface area contributed by atoms with Crippen LogP contribution in [0.4, 0.5) is 0 Å². The average molecular weight is 309 g/mol. The number of amides is 2. The third-order valence-electron chi connectivity index (χ3n) is 2.61. The van der Waals surface area contributed by atoms with Crippen molar-refractivity contribution in [3.63, 3.8) is 0 Å². The van der Waals surface area contributed by atoms with Crippen LogP contribution in [0.25, 0.3) is 0 Å². The number of ether oxygens (including phenoxy) is 3. The topological polar surface area (TPSA) is 98.3 Å². The Morgan fingerprint density at radius 1 is 1.09 bits per heavy atom. The van der Waals surface area contributed by atoms with Crippen molar-refractivity contribution in [1.82, 2.24) is 10.7 Å². The Balaban J connectivity index is 2.87. The fourth-order valence-electron chi connectivity index (χ4n) is 1.63. The Labute approximate surface area is 128 Å². The summed E-state index contributed by atoms with van der Waals surface area (Å²) in [5, 5.41) is 6.08. The number of likely N-dealkylation sites (N-methyl/N-ethyl adjacent to an activating group) is 1. The Hall–Kier alpha value is -2.77. The smallest absolute Gasteiger partial charge is 0.329 e. The molecule has 0 fully saturated rings. The molecule has 0 bridgehead atoms. The normalized spacial score (nSPS) is 10.2. The van der Waals surface area contributed by atoms with Crippen molar-refractivity contribution in [2.75, 3.05) is 27.9 Å². The summed E-state index contributed by atoms with van der Waals surface area (Å²) in [6, 6.07) is 3.31. The summed E-state index contributed by atoms with van der Waals surface area (Å²) in [5.41, 5.74) is 2.73. The van der Waals surface area contributed by atoms with E-state index in [1.807, 2.05) is 0 Å². The lowest BCUT2D eigenvalue weighted by Crippen LogP contribution is -2.37. The molecule has 0 atom stereocenters. The maximum atomic E-state index is 11.4. The molecule has 0 aromatic heterocycles. The van der Waals surface area contributed by atoms with Gasteiger partial charge in [-0.25, -0.2) is 5.43 Å². The highest BCUT2D eigenvalue weighted by atomic mass is 16.5. The van der Waals surface area contributed by atoms with Gasteiger partial charge in [-0.3, -0.25) is 9.59 Å². The van der Waals surface area contributed by atoms with Crippen molar-refractivity contribution < 1.29 is 23.8 Å². The molecule has 1 aromatic carbocycles. The van der Waals surface area contributed by atoms with Crippen LogP contribution in [0.3, 0.4) is 0 Å². The van der Waals surface area contributed by atoms with Gasteiger partial charge >= 0.3 is 11.8 Å². The highest BCUT2D eigenvalue weighted by molar-refractivity contribution is 6.35. The van der Waals surface area contributed by atoms with Gasteiger partial charge in [0.2, 0.25) is 5.75 Å². The second-order valence-corrected chi connectivity index (χ2v) is 4.02. The Morgan fingerprint density at radius 2 is 1.68 bits per heavy atom. The number of carbonyl (C=O) groups is 2. The molecule has 0 heterocycles. The molecule has 0 saturated heterocycles. The largest absolute Gasteiger partial charge is 0.493 e. The number of hydrogen-bond acceptors (Lipinski definition) is 6. The molecule has 1 rings (SSSR count). The molecule has 2 amide bonds. The third-order valence-corrected chi connectivity index (χ3v) is 2.61. The van der Waals surface area contributed by atoms with E-state index in [9.17, 15) is 9.59 Å². The van der Waals surface area contributed by atoms with Gasteiger partial charge in [0.1, 0.15) is 0 Å². The quantitative estimate of drug-likeness (QED) is 0.447. The lowest BCUT2D eigenvalue weighted by atomic mass is 10.2. The highest BCUT2D eigenvalue weighted by Gasteiger charge is 2.13. The number of carbonyl (C=O) groups excluding carboxylic acids is 2. The second kappa shape index (κ2) is 8.50. The van der Waals surface area contributed by atoms with Crippen molar-refractivity contribution in [2.45, 2.75) is 6.92 Å². The van der Waals surface area contributed by atoms with Crippen LogP contribution in [0.1, 0.15) is 12.5 Å². The molecular weight excluding hydrogens is 290 g/mol. The van der Waals surface area contributed by atoms with Crippen LogP contribution < -0.4 is 25.0 Å². The molecule has 0 spiro atoms. The zero-order valence-electron chi connectivity index (χ0n) is 12.9. The molecule has 0 aliphatic rings. The summed E-state index contributed by atoms with van der Waals surface area (Å²) < 4.78 is 15.6. The van der Waals surface area contributed by atoms with Crippen LogP contribution in [0.15, 0.2) is 17.2 Å². The van der Waals surface area contributed by atoms with E-state index >= 15 is 0 Å². The first-order chi connectivity index (χ1) is 10.6. The Kier molecular flexibility index (Phi) is 6.68. The van der Waals surface area contributed by atoms with Crippen LogP contribution in [0, 0.1) is 0 Å². The monoisotopic (exact) mass is 309 g/mol. The molecule has 2 N–H and O–H groups in total. The van der Waals surface area contributed by atoms with Gasteiger partial charge in [-0.2, -0.15) is 5.10 Å². The average Bonchev–Trinajstić information content (AvgIpc) is 2.53. The molecule has 0 saturated carbocycles. The number of benzene rings is 1. The van der Waals surface area contributed by atoms with Crippen molar-refractivity contribution in [3.8, 4) is 17.2 Å². The van der Waals surface area contributed by atoms with E-state index in [1.54, 1.807) is 19.1 Å². The number of methoxy groups -OCH3 is 3. The lowest BCUT2D eigenvalue weighted by Gasteiger charge is -2.12. The number of hydrogen-bond donors (Lipinski definition) is 2. The van der Waals surface area contributed by atoms with Gasteiger partial charge in [0.05, 0.1) is 27.5 Å². The van der Waals surface area contributed by atoms with Gasteiger partial charge in [-0.15, -0.1) is 0 Å². The lowest BCUT2D eigenvalue weighted by molar-refractivity contribution is -0.139. The summed E-state index contributed by atoms with van der Waals surface area (Å²) in [5.74, 6) is -0.222. The first kappa shape index (κ1) is 17.3. The molecule has 120 valence electrons. The fourth-order valence-corrected chi connectivity index (χ4v) is 1.63. The molecule has 8 heteroatoms. The van der Waals surface area contributed by atoms with Gasteiger partial charge in [-0.05, 0) is 19.1 Å². The molecule has 0 unspecified atom stereocenters. The van der Waals surface area contributed by atoms with Crippen LogP contribution in [0.5, 0.6) is 17.2 Å². The summed E-state index contributed by atoms with van der Waals surface area (Å²) in [4.78, 5) is 22.6. The standard InChI is InChI=1S/C14H19N3O5/c1-5-15-13(18)14(19)17-16-8-9-6-10(20-2)12(22-4)11(7-9)21-3/h6-8H,5H2,1-4H3,(H,15,18)(H,17,19)/b16-8-. The fraction of sp³-hybridized carbons (Fsp3) is 0.357. The number of nitrogens with zero attached hydrogens (tertiary/aromatic N) is 1. The minimum Gasteiger partial charge on any atom is -0.493 e. The molecule has 8 nitrogen and oxygen atoms in total. The van der Waals surface area contributed by atoms with Crippen LogP contribution in [-0.4, -0.2) is 45.9 Å². The van der Waals surface area contributed by atoms with Gasteiger partial charge in [0.15, 0.2) is 11.5 Å².